The minimum atomic E-state index is -0.349. The molecule has 3 aromatic rings. The topological polar surface area (TPSA) is 52.1 Å². The average molecular weight is 292 g/mol. The van der Waals surface area contributed by atoms with Crippen LogP contribution < -0.4 is 0 Å². The van der Waals surface area contributed by atoms with E-state index in [1.54, 1.807) is 12.1 Å². The number of hydrogen-bond acceptors (Lipinski definition) is 4. The van der Waals surface area contributed by atoms with Gasteiger partial charge in [-0.2, -0.15) is 0 Å². The molecule has 2 aromatic carbocycles. The van der Waals surface area contributed by atoms with E-state index < -0.39 is 0 Å². The molecule has 22 heavy (non-hydrogen) atoms. The molecule has 1 heterocycles. The Kier molecular flexibility index (Phi) is 3.83. The molecule has 0 atom stereocenters. The second-order valence-corrected chi connectivity index (χ2v) is 5.19. The van der Waals surface area contributed by atoms with Crippen LogP contribution in [-0.4, -0.2) is 15.9 Å². The highest BCUT2D eigenvalue weighted by Crippen LogP contribution is 2.14. The summed E-state index contributed by atoms with van der Waals surface area (Å²) in [6.45, 7) is 3.93. The molecule has 0 saturated heterocycles. The third-order valence-electron chi connectivity index (χ3n) is 3.44. The second kappa shape index (κ2) is 5.93. The standard InChI is InChI=1S/C18H16N2O2/c1-12-6-5-7-14(10-12)18(21)22-11-17-13(2)19-15-8-3-4-9-16(15)20-17/h3-10H,11H2,1-2H3. The molecular formula is C18H16N2O2. The van der Waals surface area contributed by atoms with Gasteiger partial charge in [-0.15, -0.1) is 0 Å². The lowest BCUT2D eigenvalue weighted by Crippen LogP contribution is -2.08. The summed E-state index contributed by atoms with van der Waals surface area (Å²) in [5.41, 5.74) is 4.67. The number of fused-ring (bicyclic) bond motifs is 1. The number of ether oxygens (including phenoxy) is 1. The van der Waals surface area contributed by atoms with Crippen LogP contribution >= 0.6 is 0 Å². The summed E-state index contributed by atoms with van der Waals surface area (Å²) in [5, 5.41) is 0. The first-order valence-electron chi connectivity index (χ1n) is 7.09. The third-order valence-corrected chi connectivity index (χ3v) is 3.44. The Bertz CT molecular complexity index is 843. The van der Waals surface area contributed by atoms with Crippen LogP contribution in [0.1, 0.15) is 27.3 Å². The van der Waals surface area contributed by atoms with E-state index in [2.05, 4.69) is 9.97 Å². The van der Waals surface area contributed by atoms with E-state index in [0.717, 1.165) is 22.3 Å². The summed E-state index contributed by atoms with van der Waals surface area (Å²) in [5.74, 6) is -0.349. The van der Waals surface area contributed by atoms with Gasteiger partial charge in [0.1, 0.15) is 6.61 Å². The number of carbonyl (C=O) groups is 1. The maximum atomic E-state index is 12.1. The van der Waals surface area contributed by atoms with Crippen molar-refractivity contribution in [2.24, 2.45) is 0 Å². The van der Waals surface area contributed by atoms with E-state index in [4.69, 9.17) is 4.74 Å². The molecule has 4 nitrogen and oxygen atoms in total. The largest absolute Gasteiger partial charge is 0.456 e. The number of hydrogen-bond donors (Lipinski definition) is 0. The van der Waals surface area contributed by atoms with E-state index in [-0.39, 0.29) is 12.6 Å². The van der Waals surface area contributed by atoms with Gasteiger partial charge in [0.2, 0.25) is 0 Å². The molecule has 110 valence electrons. The molecule has 4 heteroatoms. The van der Waals surface area contributed by atoms with Gasteiger partial charge in [0.15, 0.2) is 0 Å². The van der Waals surface area contributed by atoms with Crippen molar-refractivity contribution in [2.45, 2.75) is 20.5 Å². The van der Waals surface area contributed by atoms with Gasteiger partial charge in [-0.1, -0.05) is 29.8 Å². The average Bonchev–Trinajstić information content (AvgIpc) is 2.52. The zero-order chi connectivity index (χ0) is 15.5. The van der Waals surface area contributed by atoms with Crippen LogP contribution in [-0.2, 0) is 11.3 Å². The van der Waals surface area contributed by atoms with Crippen molar-refractivity contribution in [3.63, 3.8) is 0 Å². The maximum Gasteiger partial charge on any atom is 0.338 e. The van der Waals surface area contributed by atoms with Crippen LogP contribution in [0.5, 0.6) is 0 Å². The van der Waals surface area contributed by atoms with Gasteiger partial charge in [0.05, 0.1) is 28.0 Å². The van der Waals surface area contributed by atoms with Gasteiger partial charge in [-0.25, -0.2) is 14.8 Å². The predicted molar refractivity (Wildman–Crippen MR) is 84.6 cm³/mol. The van der Waals surface area contributed by atoms with Crippen LogP contribution in [0, 0.1) is 13.8 Å². The predicted octanol–water partition coefficient (Wildman–Crippen LogP) is 3.60. The Morgan fingerprint density at radius 2 is 1.73 bits per heavy atom. The SMILES string of the molecule is Cc1cccc(C(=O)OCc2nc3ccccc3nc2C)c1. The Labute approximate surface area is 128 Å². The zero-order valence-electron chi connectivity index (χ0n) is 12.5. The molecule has 3 rings (SSSR count). The minimum absolute atomic E-state index is 0.121. The lowest BCUT2D eigenvalue weighted by molar-refractivity contribution is 0.0467. The van der Waals surface area contributed by atoms with Crippen LogP contribution in [0.3, 0.4) is 0 Å². The highest BCUT2D eigenvalue weighted by Gasteiger charge is 2.10. The lowest BCUT2D eigenvalue weighted by Gasteiger charge is -2.08. The van der Waals surface area contributed by atoms with Crippen molar-refractivity contribution in [3.8, 4) is 0 Å². The number of aryl methyl sites for hydroxylation is 2. The second-order valence-electron chi connectivity index (χ2n) is 5.19. The molecule has 0 fully saturated rings. The molecule has 0 bridgehead atoms. The molecule has 0 aliphatic rings. The smallest absolute Gasteiger partial charge is 0.338 e. The first-order chi connectivity index (χ1) is 10.6. The van der Waals surface area contributed by atoms with E-state index in [9.17, 15) is 4.79 Å². The summed E-state index contributed by atoms with van der Waals surface area (Å²) in [6, 6.07) is 15.0. The number of aromatic nitrogens is 2. The molecule has 0 saturated carbocycles. The number of para-hydroxylation sites is 2. The zero-order valence-corrected chi connectivity index (χ0v) is 12.5. The van der Waals surface area contributed by atoms with Gasteiger partial charge in [0, 0.05) is 0 Å². The fourth-order valence-corrected chi connectivity index (χ4v) is 2.25. The summed E-state index contributed by atoms with van der Waals surface area (Å²) in [6.07, 6.45) is 0. The molecule has 0 aliphatic carbocycles. The van der Waals surface area contributed by atoms with Gasteiger partial charge < -0.3 is 4.74 Å². The lowest BCUT2D eigenvalue weighted by atomic mass is 10.1. The van der Waals surface area contributed by atoms with E-state index in [0.29, 0.717) is 11.3 Å². The molecule has 1 aromatic heterocycles. The molecule has 0 aliphatic heterocycles. The van der Waals surface area contributed by atoms with Crippen LogP contribution in [0.15, 0.2) is 48.5 Å². The number of benzene rings is 2. The Morgan fingerprint density at radius 1 is 1.00 bits per heavy atom. The number of rotatable bonds is 3. The van der Waals surface area contributed by atoms with E-state index >= 15 is 0 Å². The summed E-state index contributed by atoms with van der Waals surface area (Å²) < 4.78 is 5.36. The molecule has 0 radical (unpaired) electrons. The molecule has 0 amide bonds. The quantitative estimate of drug-likeness (QED) is 0.692. The van der Waals surface area contributed by atoms with Crippen LogP contribution in [0.2, 0.25) is 0 Å². The minimum Gasteiger partial charge on any atom is -0.456 e. The number of esters is 1. The Balaban J connectivity index is 1.79. The summed E-state index contributed by atoms with van der Waals surface area (Å²) in [4.78, 5) is 21.1. The van der Waals surface area contributed by atoms with Crippen molar-refractivity contribution in [1.29, 1.82) is 0 Å². The van der Waals surface area contributed by atoms with Crippen LogP contribution in [0.4, 0.5) is 0 Å². The van der Waals surface area contributed by atoms with Crippen molar-refractivity contribution < 1.29 is 9.53 Å². The first-order valence-corrected chi connectivity index (χ1v) is 7.09. The van der Waals surface area contributed by atoms with Gasteiger partial charge in [0.25, 0.3) is 0 Å². The van der Waals surface area contributed by atoms with E-state index in [1.165, 1.54) is 0 Å². The molecule has 0 unspecified atom stereocenters. The number of nitrogens with zero attached hydrogens (tertiary/aromatic N) is 2. The Hall–Kier alpha value is -2.75. The fraction of sp³-hybridized carbons (Fsp3) is 0.167. The first kappa shape index (κ1) is 14.2. The van der Waals surface area contributed by atoms with Gasteiger partial charge in [-0.3, -0.25) is 0 Å². The molecule has 0 spiro atoms. The molecule has 0 N–H and O–H groups in total. The summed E-state index contributed by atoms with van der Waals surface area (Å²) in [7, 11) is 0. The molecular weight excluding hydrogens is 276 g/mol. The van der Waals surface area contributed by atoms with Gasteiger partial charge >= 0.3 is 5.97 Å². The van der Waals surface area contributed by atoms with E-state index in [1.807, 2.05) is 50.2 Å². The highest BCUT2D eigenvalue weighted by molar-refractivity contribution is 5.89. The summed E-state index contributed by atoms with van der Waals surface area (Å²) >= 11 is 0. The number of carbonyl (C=O) groups excluding carboxylic acids is 1. The third kappa shape index (κ3) is 2.96. The maximum absolute atomic E-state index is 12.1. The fourth-order valence-electron chi connectivity index (χ4n) is 2.25. The Morgan fingerprint density at radius 3 is 2.45 bits per heavy atom. The van der Waals surface area contributed by atoms with Crippen molar-refractivity contribution in [1.82, 2.24) is 9.97 Å². The van der Waals surface area contributed by atoms with Crippen molar-refractivity contribution in [3.05, 3.63) is 71.0 Å². The normalized spacial score (nSPS) is 10.6. The van der Waals surface area contributed by atoms with Gasteiger partial charge in [-0.05, 0) is 38.1 Å². The highest BCUT2D eigenvalue weighted by atomic mass is 16.5. The monoisotopic (exact) mass is 292 g/mol. The van der Waals surface area contributed by atoms with Crippen LogP contribution in [0.25, 0.3) is 11.0 Å². The van der Waals surface area contributed by atoms with Crippen molar-refractivity contribution >= 4 is 17.0 Å². The van der Waals surface area contributed by atoms with Crippen molar-refractivity contribution in [2.75, 3.05) is 0 Å².